The van der Waals surface area contributed by atoms with Gasteiger partial charge in [0.25, 0.3) is 5.56 Å². The average Bonchev–Trinajstić information content (AvgIpc) is 2.69. The van der Waals surface area contributed by atoms with E-state index in [1.807, 2.05) is 6.92 Å². The van der Waals surface area contributed by atoms with Crippen LogP contribution in [0, 0.1) is 0 Å². The second kappa shape index (κ2) is 8.35. The summed E-state index contributed by atoms with van der Waals surface area (Å²) in [7, 11) is 0. The van der Waals surface area contributed by atoms with Crippen LogP contribution in [-0.2, 0) is 6.54 Å². The molecule has 0 fully saturated rings. The number of ether oxygens (including phenoxy) is 2. The molecule has 0 radical (unpaired) electrons. The summed E-state index contributed by atoms with van der Waals surface area (Å²) in [6.45, 7) is 2.95. The van der Waals surface area contributed by atoms with E-state index in [-0.39, 0.29) is 35.2 Å². The Morgan fingerprint density at radius 2 is 1.59 bits per heavy atom. The van der Waals surface area contributed by atoms with E-state index >= 15 is 0 Å². The number of hydrogen-bond donors (Lipinski definition) is 0. The van der Waals surface area contributed by atoms with Gasteiger partial charge in [0.2, 0.25) is 0 Å². The zero-order chi connectivity index (χ0) is 19.2. The Hall–Kier alpha value is -3.35. The van der Waals surface area contributed by atoms with Crippen LogP contribution in [0.15, 0.2) is 53.3 Å². The molecule has 0 amide bonds. The number of fused-ring (bicyclic) bond motifs is 1. The predicted octanol–water partition coefficient (Wildman–Crippen LogP) is 1.63. The molecular formula is C20H19N2O5-. The monoisotopic (exact) mass is 367 g/mol. The lowest BCUT2D eigenvalue weighted by Gasteiger charge is -2.12. The fraction of sp³-hybridized carbons (Fsp3) is 0.250. The maximum Gasteiger partial charge on any atom is 0.274 e. The molecule has 3 rings (SSSR count). The number of benzene rings is 2. The molecule has 7 nitrogen and oxygen atoms in total. The maximum absolute atomic E-state index is 12.5. The molecule has 1 heterocycles. The van der Waals surface area contributed by atoms with E-state index in [1.165, 1.54) is 6.07 Å². The number of carbonyl (C=O) groups excluding carboxylic acids is 1. The van der Waals surface area contributed by atoms with Crippen LogP contribution in [0.1, 0.15) is 23.8 Å². The number of aromatic nitrogens is 2. The van der Waals surface area contributed by atoms with Crippen LogP contribution in [0.4, 0.5) is 0 Å². The minimum absolute atomic E-state index is 0.109. The number of carbonyl (C=O) groups is 1. The lowest BCUT2D eigenvalue weighted by Crippen LogP contribution is -2.32. The first kappa shape index (κ1) is 18.4. The van der Waals surface area contributed by atoms with Gasteiger partial charge in [0, 0.05) is 5.39 Å². The molecule has 0 unspecified atom stereocenters. The molecule has 0 spiro atoms. The molecule has 0 N–H and O–H groups in total. The van der Waals surface area contributed by atoms with Gasteiger partial charge in [-0.15, -0.1) is 0 Å². The minimum atomic E-state index is -1.43. The molecular weight excluding hydrogens is 348 g/mol. The van der Waals surface area contributed by atoms with Gasteiger partial charge < -0.3 is 19.4 Å². The van der Waals surface area contributed by atoms with E-state index in [4.69, 9.17) is 9.47 Å². The Balaban J connectivity index is 1.73. The summed E-state index contributed by atoms with van der Waals surface area (Å²) < 4.78 is 12.2. The van der Waals surface area contributed by atoms with Crippen LogP contribution in [0.2, 0.25) is 0 Å². The smallest absolute Gasteiger partial charge is 0.274 e. The van der Waals surface area contributed by atoms with Gasteiger partial charge in [-0.05, 0) is 36.8 Å². The molecule has 3 aromatic rings. The second-order valence-corrected chi connectivity index (χ2v) is 5.88. The van der Waals surface area contributed by atoms with E-state index in [0.29, 0.717) is 12.4 Å². The first-order valence-corrected chi connectivity index (χ1v) is 8.67. The molecule has 140 valence electrons. The Morgan fingerprint density at radius 3 is 2.19 bits per heavy atom. The van der Waals surface area contributed by atoms with Crippen molar-refractivity contribution in [1.29, 1.82) is 0 Å². The van der Waals surface area contributed by atoms with Crippen molar-refractivity contribution < 1.29 is 19.4 Å². The molecule has 0 aliphatic rings. The molecule has 0 aliphatic carbocycles. The molecule has 0 bridgehead atoms. The molecule has 0 aliphatic heterocycles. The van der Waals surface area contributed by atoms with Crippen LogP contribution >= 0.6 is 0 Å². The summed E-state index contributed by atoms with van der Waals surface area (Å²) in [6.07, 6.45) is 0.930. The SMILES string of the molecule is CCCOc1ccc(OCCn2nc(C(=O)[O-])c3ccccc3c2=O)cc1. The summed E-state index contributed by atoms with van der Waals surface area (Å²) in [5.74, 6) is -0.0495. The summed E-state index contributed by atoms with van der Waals surface area (Å²) in [6, 6.07) is 13.6. The highest BCUT2D eigenvalue weighted by Gasteiger charge is 2.11. The first-order chi connectivity index (χ1) is 13.1. The minimum Gasteiger partial charge on any atom is -0.543 e. The Morgan fingerprint density at radius 1 is 1.00 bits per heavy atom. The fourth-order valence-corrected chi connectivity index (χ4v) is 2.64. The molecule has 0 saturated heterocycles. The first-order valence-electron chi connectivity index (χ1n) is 8.67. The third kappa shape index (κ3) is 4.25. The van der Waals surface area contributed by atoms with Crippen LogP contribution in [0.25, 0.3) is 10.8 Å². The molecule has 0 atom stereocenters. The highest BCUT2D eigenvalue weighted by atomic mass is 16.5. The quantitative estimate of drug-likeness (QED) is 0.601. The van der Waals surface area contributed by atoms with Gasteiger partial charge in [-0.2, -0.15) is 5.10 Å². The van der Waals surface area contributed by atoms with Gasteiger partial charge in [0.05, 0.1) is 24.5 Å². The number of aromatic carboxylic acids is 1. The van der Waals surface area contributed by atoms with Crippen molar-refractivity contribution in [3.63, 3.8) is 0 Å². The summed E-state index contributed by atoms with van der Waals surface area (Å²) in [5, 5.41) is 15.8. The van der Waals surface area contributed by atoms with Crippen LogP contribution in [0.3, 0.4) is 0 Å². The third-order valence-corrected chi connectivity index (χ3v) is 3.93. The van der Waals surface area contributed by atoms with Gasteiger partial charge in [-0.25, -0.2) is 4.68 Å². The molecule has 7 heteroatoms. The zero-order valence-corrected chi connectivity index (χ0v) is 14.9. The Labute approximate surface area is 155 Å². The largest absolute Gasteiger partial charge is 0.543 e. The van der Waals surface area contributed by atoms with E-state index in [9.17, 15) is 14.7 Å². The van der Waals surface area contributed by atoms with Crippen molar-refractivity contribution in [1.82, 2.24) is 9.78 Å². The number of rotatable bonds is 8. The van der Waals surface area contributed by atoms with Crippen LogP contribution in [-0.4, -0.2) is 29.0 Å². The summed E-state index contributed by atoms with van der Waals surface area (Å²) in [5.41, 5.74) is -0.634. The second-order valence-electron chi connectivity index (χ2n) is 5.88. The highest BCUT2D eigenvalue weighted by Crippen LogP contribution is 2.18. The van der Waals surface area contributed by atoms with Crippen molar-refractivity contribution in [2.45, 2.75) is 19.9 Å². The van der Waals surface area contributed by atoms with E-state index in [0.717, 1.165) is 16.9 Å². The van der Waals surface area contributed by atoms with Gasteiger partial charge in [0.15, 0.2) is 0 Å². The van der Waals surface area contributed by atoms with Gasteiger partial charge in [-0.3, -0.25) is 4.79 Å². The van der Waals surface area contributed by atoms with E-state index in [2.05, 4.69) is 5.10 Å². The lowest BCUT2D eigenvalue weighted by atomic mass is 10.1. The van der Waals surface area contributed by atoms with E-state index in [1.54, 1.807) is 42.5 Å². The molecule has 27 heavy (non-hydrogen) atoms. The maximum atomic E-state index is 12.5. The number of carboxylic acids is 1. The highest BCUT2D eigenvalue weighted by molar-refractivity contribution is 6.00. The van der Waals surface area contributed by atoms with Crippen molar-refractivity contribution in [3.8, 4) is 11.5 Å². The van der Waals surface area contributed by atoms with Crippen molar-refractivity contribution >= 4 is 16.7 Å². The molecule has 1 aromatic heterocycles. The number of carboxylic acid groups (broad SMARTS) is 1. The average molecular weight is 367 g/mol. The Kier molecular flexibility index (Phi) is 5.71. The third-order valence-electron chi connectivity index (χ3n) is 3.93. The Bertz CT molecular complexity index is 995. The summed E-state index contributed by atoms with van der Waals surface area (Å²) in [4.78, 5) is 23.9. The summed E-state index contributed by atoms with van der Waals surface area (Å²) >= 11 is 0. The fourth-order valence-electron chi connectivity index (χ4n) is 2.64. The molecule has 0 saturated carbocycles. The normalized spacial score (nSPS) is 10.7. The molecule has 2 aromatic carbocycles. The van der Waals surface area contributed by atoms with Crippen LogP contribution < -0.4 is 20.1 Å². The van der Waals surface area contributed by atoms with Gasteiger partial charge in [0.1, 0.15) is 23.8 Å². The van der Waals surface area contributed by atoms with Crippen molar-refractivity contribution in [2.24, 2.45) is 0 Å². The van der Waals surface area contributed by atoms with Gasteiger partial charge in [-0.1, -0.05) is 25.1 Å². The predicted molar refractivity (Wildman–Crippen MR) is 98.1 cm³/mol. The topological polar surface area (TPSA) is 93.5 Å². The number of hydrogen-bond acceptors (Lipinski definition) is 6. The van der Waals surface area contributed by atoms with Crippen LogP contribution in [0.5, 0.6) is 11.5 Å². The zero-order valence-electron chi connectivity index (χ0n) is 14.9. The number of nitrogens with zero attached hydrogens (tertiary/aromatic N) is 2. The van der Waals surface area contributed by atoms with E-state index < -0.39 is 5.97 Å². The lowest BCUT2D eigenvalue weighted by molar-refractivity contribution is -0.255. The van der Waals surface area contributed by atoms with Crippen molar-refractivity contribution in [3.05, 3.63) is 64.6 Å². The standard InChI is InChI=1S/C20H20N2O5/c1-2-12-26-14-7-9-15(10-8-14)27-13-11-22-19(23)17-6-4-3-5-16(17)18(21-22)20(24)25/h3-10H,2,11-13H2,1H3,(H,24,25)/p-1. The van der Waals surface area contributed by atoms with Gasteiger partial charge >= 0.3 is 0 Å². The van der Waals surface area contributed by atoms with Crippen molar-refractivity contribution in [2.75, 3.05) is 13.2 Å².